The van der Waals surface area contributed by atoms with Gasteiger partial charge in [-0.2, -0.15) is 13.2 Å². The van der Waals surface area contributed by atoms with Gasteiger partial charge in [0, 0.05) is 44.0 Å². The topological polar surface area (TPSA) is 44.3 Å². The lowest BCUT2D eigenvalue weighted by molar-refractivity contribution is -0.137. The molecule has 1 saturated heterocycles. The van der Waals surface area contributed by atoms with Gasteiger partial charge in [-0.1, -0.05) is 24.3 Å². The van der Waals surface area contributed by atoms with Crippen LogP contribution in [0.4, 0.5) is 30.5 Å². The van der Waals surface area contributed by atoms with Crippen LogP contribution in [0, 0.1) is 0 Å². The SMILES string of the molecule is FC(F)(F)c1ccc(Nc2cc(N3CCC(N4CCc5ccccc5C4)CC3)ncn2)cc1. The maximum absolute atomic E-state index is 12.8. The lowest BCUT2D eigenvalue weighted by atomic mass is 9.95. The average molecular weight is 454 g/mol. The van der Waals surface area contributed by atoms with Crippen LogP contribution in [0.2, 0.25) is 0 Å². The van der Waals surface area contributed by atoms with Crippen LogP contribution in [0.1, 0.15) is 29.5 Å². The van der Waals surface area contributed by atoms with Gasteiger partial charge in [-0.15, -0.1) is 0 Å². The second-order valence-electron chi connectivity index (χ2n) is 8.67. The zero-order valence-electron chi connectivity index (χ0n) is 18.2. The second kappa shape index (κ2) is 9.02. The summed E-state index contributed by atoms with van der Waals surface area (Å²) in [7, 11) is 0. The molecule has 3 aromatic rings. The van der Waals surface area contributed by atoms with Gasteiger partial charge in [-0.3, -0.25) is 4.90 Å². The summed E-state index contributed by atoms with van der Waals surface area (Å²) in [6.07, 6.45) is 0.419. The van der Waals surface area contributed by atoms with Crippen LogP contribution >= 0.6 is 0 Å². The molecule has 33 heavy (non-hydrogen) atoms. The van der Waals surface area contributed by atoms with Crippen LogP contribution in [0.3, 0.4) is 0 Å². The van der Waals surface area contributed by atoms with E-state index in [1.54, 1.807) is 0 Å². The summed E-state index contributed by atoms with van der Waals surface area (Å²) in [6, 6.07) is 16.1. The number of nitrogens with one attached hydrogen (secondary N) is 1. The molecule has 1 N–H and O–H groups in total. The molecule has 5 rings (SSSR count). The van der Waals surface area contributed by atoms with E-state index in [4.69, 9.17) is 0 Å². The average Bonchev–Trinajstić information content (AvgIpc) is 2.84. The number of hydrogen-bond donors (Lipinski definition) is 1. The number of benzene rings is 2. The molecule has 0 saturated carbocycles. The first-order valence-corrected chi connectivity index (χ1v) is 11.3. The number of piperidine rings is 1. The first-order chi connectivity index (χ1) is 16.0. The molecule has 8 heteroatoms. The number of halogens is 3. The van der Waals surface area contributed by atoms with Crippen molar-refractivity contribution in [3.63, 3.8) is 0 Å². The summed E-state index contributed by atoms with van der Waals surface area (Å²) < 4.78 is 38.3. The Morgan fingerprint density at radius 1 is 0.879 bits per heavy atom. The molecule has 0 atom stereocenters. The van der Waals surface area contributed by atoms with Crippen molar-refractivity contribution in [2.24, 2.45) is 0 Å². The highest BCUT2D eigenvalue weighted by Crippen LogP contribution is 2.31. The van der Waals surface area contributed by atoms with Crippen LogP contribution < -0.4 is 10.2 Å². The molecular formula is C25H26F3N5. The van der Waals surface area contributed by atoms with Gasteiger partial charge in [0.1, 0.15) is 18.0 Å². The van der Waals surface area contributed by atoms with E-state index >= 15 is 0 Å². The standard InChI is InChI=1S/C25H26F3N5/c26-25(27,28)20-5-7-21(8-6-20)31-23-15-24(30-17-29-23)32-13-10-22(11-14-32)33-12-9-18-3-1-2-4-19(18)16-33/h1-8,15,17,22H,9-14,16H2,(H,29,30,31). The summed E-state index contributed by atoms with van der Waals surface area (Å²) in [5.74, 6) is 1.40. The Labute approximate surface area is 191 Å². The minimum Gasteiger partial charge on any atom is -0.356 e. The molecule has 2 aliphatic heterocycles. The van der Waals surface area contributed by atoms with Crippen molar-refractivity contribution in [3.05, 3.63) is 77.6 Å². The van der Waals surface area contributed by atoms with Crippen LogP contribution in [0.25, 0.3) is 0 Å². The van der Waals surface area contributed by atoms with Crippen LogP contribution in [0.15, 0.2) is 60.9 Å². The highest BCUT2D eigenvalue weighted by molar-refractivity contribution is 5.59. The Morgan fingerprint density at radius 2 is 1.61 bits per heavy atom. The Balaban J connectivity index is 1.19. The third kappa shape index (κ3) is 4.95. The van der Waals surface area contributed by atoms with E-state index in [0.717, 1.165) is 63.4 Å². The van der Waals surface area contributed by atoms with Crippen LogP contribution in [-0.4, -0.2) is 40.5 Å². The summed E-state index contributed by atoms with van der Waals surface area (Å²) in [5.41, 5.74) is 2.80. The summed E-state index contributed by atoms with van der Waals surface area (Å²) in [6.45, 7) is 3.96. The molecule has 172 valence electrons. The Kier molecular flexibility index (Phi) is 5.93. The number of aromatic nitrogens is 2. The normalized spacial score (nSPS) is 17.6. The van der Waals surface area contributed by atoms with Crippen molar-refractivity contribution < 1.29 is 13.2 Å². The summed E-state index contributed by atoms with van der Waals surface area (Å²) in [5, 5.41) is 3.08. The number of anilines is 3. The molecular weight excluding hydrogens is 427 g/mol. The Morgan fingerprint density at radius 3 is 2.33 bits per heavy atom. The molecule has 2 aromatic carbocycles. The van der Waals surface area contributed by atoms with Gasteiger partial charge in [0.25, 0.3) is 0 Å². The van der Waals surface area contributed by atoms with Crippen molar-refractivity contribution in [2.45, 2.75) is 38.0 Å². The van der Waals surface area contributed by atoms with E-state index in [1.807, 2.05) is 6.07 Å². The van der Waals surface area contributed by atoms with Gasteiger partial charge < -0.3 is 10.2 Å². The Bertz CT molecular complexity index is 1090. The highest BCUT2D eigenvalue weighted by Gasteiger charge is 2.30. The lowest BCUT2D eigenvalue weighted by Gasteiger charge is -2.41. The fourth-order valence-electron chi connectivity index (χ4n) is 4.77. The third-order valence-corrected chi connectivity index (χ3v) is 6.60. The van der Waals surface area contributed by atoms with Crippen molar-refractivity contribution in [3.8, 4) is 0 Å². The predicted molar refractivity (Wildman–Crippen MR) is 123 cm³/mol. The second-order valence-corrected chi connectivity index (χ2v) is 8.67. The zero-order chi connectivity index (χ0) is 22.8. The van der Waals surface area contributed by atoms with E-state index < -0.39 is 11.7 Å². The third-order valence-electron chi connectivity index (χ3n) is 6.60. The molecule has 1 aromatic heterocycles. The maximum atomic E-state index is 12.8. The first-order valence-electron chi connectivity index (χ1n) is 11.3. The van der Waals surface area contributed by atoms with E-state index in [2.05, 4.69) is 49.4 Å². The summed E-state index contributed by atoms with van der Waals surface area (Å²) >= 11 is 0. The number of fused-ring (bicyclic) bond motifs is 1. The maximum Gasteiger partial charge on any atom is 0.416 e. The van der Waals surface area contributed by atoms with Gasteiger partial charge in [-0.25, -0.2) is 9.97 Å². The smallest absolute Gasteiger partial charge is 0.356 e. The molecule has 0 amide bonds. The van der Waals surface area contributed by atoms with Crippen molar-refractivity contribution in [1.29, 1.82) is 0 Å². The number of alkyl halides is 3. The van der Waals surface area contributed by atoms with Gasteiger partial charge in [0.2, 0.25) is 0 Å². The van der Waals surface area contributed by atoms with Gasteiger partial charge >= 0.3 is 6.18 Å². The molecule has 0 unspecified atom stereocenters. The minimum atomic E-state index is -4.34. The van der Waals surface area contributed by atoms with E-state index in [-0.39, 0.29) is 0 Å². The fourth-order valence-corrected chi connectivity index (χ4v) is 4.77. The first kappa shape index (κ1) is 21.7. The van der Waals surface area contributed by atoms with Gasteiger partial charge in [0.05, 0.1) is 5.56 Å². The van der Waals surface area contributed by atoms with E-state index in [0.29, 0.717) is 17.5 Å². The molecule has 0 aliphatic carbocycles. The highest BCUT2D eigenvalue weighted by atomic mass is 19.4. The van der Waals surface area contributed by atoms with Gasteiger partial charge in [-0.05, 0) is 54.7 Å². The van der Waals surface area contributed by atoms with Crippen LogP contribution in [-0.2, 0) is 19.1 Å². The number of hydrogen-bond acceptors (Lipinski definition) is 5. The molecule has 0 bridgehead atoms. The predicted octanol–water partition coefficient (Wildman–Crippen LogP) is 5.27. The van der Waals surface area contributed by atoms with E-state index in [1.165, 1.54) is 29.6 Å². The molecule has 3 heterocycles. The largest absolute Gasteiger partial charge is 0.416 e. The molecule has 0 radical (unpaired) electrons. The Hall–Kier alpha value is -3.13. The van der Waals surface area contributed by atoms with E-state index in [9.17, 15) is 13.2 Å². The fraction of sp³-hybridized carbons (Fsp3) is 0.360. The lowest BCUT2D eigenvalue weighted by Crippen LogP contribution is -2.46. The van der Waals surface area contributed by atoms with Crippen molar-refractivity contribution in [1.82, 2.24) is 14.9 Å². The molecule has 2 aliphatic rings. The minimum absolute atomic E-state index is 0.553. The number of rotatable bonds is 4. The molecule has 0 spiro atoms. The zero-order valence-corrected chi connectivity index (χ0v) is 18.2. The monoisotopic (exact) mass is 453 g/mol. The molecule has 5 nitrogen and oxygen atoms in total. The van der Waals surface area contributed by atoms with Crippen LogP contribution in [0.5, 0.6) is 0 Å². The summed E-state index contributed by atoms with van der Waals surface area (Å²) in [4.78, 5) is 13.5. The van der Waals surface area contributed by atoms with Gasteiger partial charge in [0.15, 0.2) is 0 Å². The van der Waals surface area contributed by atoms with Crippen molar-refractivity contribution in [2.75, 3.05) is 29.9 Å². The quantitative estimate of drug-likeness (QED) is 0.583. The van der Waals surface area contributed by atoms with Crippen molar-refractivity contribution >= 4 is 17.3 Å². The number of nitrogens with zero attached hydrogens (tertiary/aromatic N) is 4. The molecule has 1 fully saturated rings.